The topological polar surface area (TPSA) is 50.4 Å². The van der Waals surface area contributed by atoms with Crippen LogP contribution in [0, 0.1) is 0 Å². The lowest BCUT2D eigenvalue weighted by atomic mass is 10.00. The van der Waals surface area contributed by atoms with Crippen molar-refractivity contribution >= 4 is 10.8 Å². The zero-order valence-electron chi connectivity index (χ0n) is 11.8. The summed E-state index contributed by atoms with van der Waals surface area (Å²) in [7, 11) is 0. The average molecular weight is 280 g/mol. The van der Waals surface area contributed by atoms with Crippen LogP contribution < -0.4 is 5.63 Å². The van der Waals surface area contributed by atoms with Crippen LogP contribution in [0.2, 0.25) is 0 Å². The van der Waals surface area contributed by atoms with Gasteiger partial charge in [0, 0.05) is 5.56 Å². The molecule has 0 spiro atoms. The van der Waals surface area contributed by atoms with Gasteiger partial charge >= 0.3 is 5.63 Å². The monoisotopic (exact) mass is 280 g/mol. The molecule has 0 aliphatic rings. The molecule has 106 valence electrons. The van der Waals surface area contributed by atoms with Crippen LogP contribution in [0.1, 0.15) is 18.9 Å². The zero-order valence-corrected chi connectivity index (χ0v) is 11.8. The van der Waals surface area contributed by atoms with Gasteiger partial charge < -0.3 is 9.52 Å². The Labute approximate surface area is 122 Å². The molecule has 3 rings (SSSR count). The van der Waals surface area contributed by atoms with Crippen molar-refractivity contribution in [1.82, 2.24) is 0 Å². The fraction of sp³-hybridized carbons (Fsp3) is 0.167. The lowest BCUT2D eigenvalue weighted by Gasteiger charge is -2.08. The molecule has 0 saturated carbocycles. The summed E-state index contributed by atoms with van der Waals surface area (Å²) in [6.07, 6.45) is 1.97. The molecular weight excluding hydrogens is 264 g/mol. The number of phenolic OH excluding ortho intramolecular Hbond substituents is 1. The Morgan fingerprint density at radius 3 is 2.71 bits per heavy atom. The lowest BCUT2D eigenvalue weighted by Crippen LogP contribution is -2.01. The normalized spacial score (nSPS) is 10.9. The summed E-state index contributed by atoms with van der Waals surface area (Å²) in [5.41, 5.74) is 1.69. The second-order valence-electron chi connectivity index (χ2n) is 5.08. The molecule has 3 nitrogen and oxygen atoms in total. The van der Waals surface area contributed by atoms with Gasteiger partial charge in [-0.2, -0.15) is 0 Å². The van der Waals surface area contributed by atoms with Crippen molar-refractivity contribution in [3.63, 3.8) is 0 Å². The highest BCUT2D eigenvalue weighted by Crippen LogP contribution is 2.27. The lowest BCUT2D eigenvalue weighted by molar-refractivity contribution is 0.475. The van der Waals surface area contributed by atoms with Gasteiger partial charge in [-0.15, -0.1) is 0 Å². The summed E-state index contributed by atoms with van der Waals surface area (Å²) >= 11 is 0. The number of hydrogen-bond donors (Lipinski definition) is 1. The largest absolute Gasteiger partial charge is 0.508 e. The number of aromatic hydroxyl groups is 1. The predicted molar refractivity (Wildman–Crippen MR) is 83.6 cm³/mol. The molecule has 0 amide bonds. The van der Waals surface area contributed by atoms with Crippen LogP contribution in [0.15, 0.2) is 57.7 Å². The van der Waals surface area contributed by atoms with Crippen LogP contribution in [0.3, 0.4) is 0 Å². The van der Waals surface area contributed by atoms with Crippen molar-refractivity contribution in [2.24, 2.45) is 0 Å². The van der Waals surface area contributed by atoms with Crippen molar-refractivity contribution in [2.75, 3.05) is 0 Å². The third kappa shape index (κ3) is 2.55. The van der Waals surface area contributed by atoms with E-state index < -0.39 is 5.63 Å². The van der Waals surface area contributed by atoms with Crippen LogP contribution in [-0.4, -0.2) is 5.11 Å². The minimum absolute atomic E-state index is 0.0638. The van der Waals surface area contributed by atoms with E-state index in [1.807, 2.05) is 24.3 Å². The molecule has 1 aromatic heterocycles. The van der Waals surface area contributed by atoms with E-state index in [-0.39, 0.29) is 5.75 Å². The number of rotatable bonds is 3. The molecule has 0 radical (unpaired) electrons. The van der Waals surface area contributed by atoms with Crippen LogP contribution in [-0.2, 0) is 6.42 Å². The van der Waals surface area contributed by atoms with Crippen molar-refractivity contribution in [2.45, 2.75) is 19.8 Å². The Morgan fingerprint density at radius 1 is 1.10 bits per heavy atom. The maximum Gasteiger partial charge on any atom is 0.344 e. The molecule has 1 heterocycles. The molecule has 0 atom stereocenters. The van der Waals surface area contributed by atoms with E-state index >= 15 is 0 Å². The minimum Gasteiger partial charge on any atom is -0.508 e. The Bertz CT molecular complexity index is 846. The predicted octanol–water partition coefficient (Wildman–Crippen LogP) is 4.12. The number of fused-ring (bicyclic) bond motifs is 1. The molecule has 0 unspecified atom stereocenters. The van der Waals surface area contributed by atoms with E-state index in [0.29, 0.717) is 11.1 Å². The summed E-state index contributed by atoms with van der Waals surface area (Å²) in [6.45, 7) is 2.12. The van der Waals surface area contributed by atoms with E-state index in [0.717, 1.165) is 23.8 Å². The summed E-state index contributed by atoms with van der Waals surface area (Å²) in [5, 5.41) is 10.6. The first-order valence-electron chi connectivity index (χ1n) is 7.04. The Kier molecular flexibility index (Phi) is 3.48. The van der Waals surface area contributed by atoms with E-state index in [2.05, 4.69) is 13.0 Å². The van der Waals surface area contributed by atoms with E-state index in [1.165, 1.54) is 11.6 Å². The van der Waals surface area contributed by atoms with Crippen LogP contribution in [0.4, 0.5) is 0 Å². The fourth-order valence-electron chi connectivity index (χ4n) is 2.55. The van der Waals surface area contributed by atoms with Crippen LogP contribution in [0.5, 0.6) is 5.75 Å². The maximum absolute atomic E-state index is 12.1. The highest BCUT2D eigenvalue weighted by atomic mass is 16.4. The molecule has 0 fully saturated rings. The maximum atomic E-state index is 12.1. The molecule has 0 aliphatic heterocycles. The van der Waals surface area contributed by atoms with Gasteiger partial charge in [-0.25, -0.2) is 4.79 Å². The number of hydrogen-bond acceptors (Lipinski definition) is 3. The zero-order chi connectivity index (χ0) is 14.8. The number of benzene rings is 2. The Morgan fingerprint density at radius 2 is 1.90 bits per heavy atom. The van der Waals surface area contributed by atoms with Crippen LogP contribution >= 0.6 is 0 Å². The smallest absolute Gasteiger partial charge is 0.344 e. The summed E-state index contributed by atoms with van der Waals surface area (Å²) < 4.78 is 5.45. The Balaban J connectivity index is 2.22. The highest BCUT2D eigenvalue weighted by molar-refractivity contribution is 5.85. The van der Waals surface area contributed by atoms with Gasteiger partial charge in [0.05, 0.1) is 5.39 Å². The molecule has 0 aliphatic carbocycles. The molecule has 1 N–H and O–H groups in total. The van der Waals surface area contributed by atoms with Gasteiger partial charge in [0.15, 0.2) is 0 Å². The molecule has 21 heavy (non-hydrogen) atoms. The first-order chi connectivity index (χ1) is 10.2. The third-order valence-corrected chi connectivity index (χ3v) is 3.55. The summed E-state index contributed by atoms with van der Waals surface area (Å²) in [4.78, 5) is 12.1. The molecule has 3 aromatic rings. The highest BCUT2D eigenvalue weighted by Gasteiger charge is 2.10. The summed E-state index contributed by atoms with van der Waals surface area (Å²) in [5.74, 6) is 0.635. The number of phenols is 1. The third-order valence-electron chi connectivity index (χ3n) is 3.55. The molecule has 0 saturated heterocycles. The van der Waals surface area contributed by atoms with Gasteiger partial charge in [0.25, 0.3) is 0 Å². The first kappa shape index (κ1) is 13.4. The van der Waals surface area contributed by atoms with Crippen molar-refractivity contribution in [1.29, 1.82) is 0 Å². The number of aryl methyl sites for hydroxylation is 1. The summed E-state index contributed by atoms with van der Waals surface area (Å²) in [6, 6.07) is 14.5. The van der Waals surface area contributed by atoms with Gasteiger partial charge in [0.1, 0.15) is 11.5 Å². The van der Waals surface area contributed by atoms with E-state index in [9.17, 15) is 9.90 Å². The second-order valence-corrected chi connectivity index (χ2v) is 5.08. The standard InChI is InChI=1S/C18H16O3/c1-2-5-12-6-3-4-7-15(12)17-10-13-8-9-14(19)11-16(13)18(20)21-17/h3-4,6-11,19H,2,5H2,1H3. The molecule has 3 heteroatoms. The molecule has 0 bridgehead atoms. The van der Waals surface area contributed by atoms with Crippen molar-refractivity contribution in [3.05, 3.63) is 64.5 Å². The molecular formula is C18H16O3. The van der Waals surface area contributed by atoms with Gasteiger partial charge in [-0.1, -0.05) is 43.7 Å². The van der Waals surface area contributed by atoms with E-state index in [4.69, 9.17) is 4.42 Å². The van der Waals surface area contributed by atoms with Crippen molar-refractivity contribution < 1.29 is 9.52 Å². The van der Waals surface area contributed by atoms with E-state index in [1.54, 1.807) is 12.1 Å². The second kappa shape index (κ2) is 5.44. The van der Waals surface area contributed by atoms with Gasteiger partial charge in [-0.3, -0.25) is 0 Å². The van der Waals surface area contributed by atoms with Gasteiger partial charge in [-0.05, 0) is 35.6 Å². The Hall–Kier alpha value is -2.55. The average Bonchev–Trinajstić information content (AvgIpc) is 2.49. The quantitative estimate of drug-likeness (QED) is 0.785. The molecule has 2 aromatic carbocycles. The SMILES string of the molecule is CCCc1ccccc1-c1cc2ccc(O)cc2c(=O)o1. The van der Waals surface area contributed by atoms with Crippen LogP contribution in [0.25, 0.3) is 22.1 Å². The van der Waals surface area contributed by atoms with Crippen molar-refractivity contribution in [3.8, 4) is 17.1 Å². The van der Waals surface area contributed by atoms with Gasteiger partial charge in [0.2, 0.25) is 0 Å². The minimum atomic E-state index is -0.426. The fourth-order valence-corrected chi connectivity index (χ4v) is 2.55. The first-order valence-corrected chi connectivity index (χ1v) is 7.04.